The van der Waals surface area contributed by atoms with Gasteiger partial charge in [-0.15, -0.1) is 0 Å². The third kappa shape index (κ3) is 4.26. The summed E-state index contributed by atoms with van der Waals surface area (Å²) < 4.78 is 37.3. The maximum atomic E-state index is 13.7. The number of primary amides is 1. The lowest BCUT2D eigenvalue weighted by molar-refractivity contribution is -0.133. The Labute approximate surface area is 216 Å². The number of rotatable bonds is 6. The Bertz CT molecular complexity index is 1290. The molecule has 0 saturated heterocycles. The first-order valence-electron chi connectivity index (χ1n) is 12.0. The van der Waals surface area contributed by atoms with Gasteiger partial charge >= 0.3 is 6.18 Å². The zero-order valence-electron chi connectivity index (χ0n) is 20.9. The van der Waals surface area contributed by atoms with Crippen LogP contribution in [0.2, 0.25) is 0 Å². The molecule has 1 unspecified atom stereocenters. The molecule has 7 N–H and O–H groups in total. The molecular weight excluding hydrogens is 507 g/mol. The number of nitrogens with one attached hydrogen (secondary N) is 1. The molecule has 0 radical (unpaired) electrons. The minimum Gasteiger partial charge on any atom is -0.510 e. The van der Waals surface area contributed by atoms with Gasteiger partial charge in [0.25, 0.3) is 5.91 Å². The van der Waals surface area contributed by atoms with Crippen molar-refractivity contribution in [1.29, 1.82) is 0 Å². The highest BCUT2D eigenvalue weighted by Crippen LogP contribution is 2.54. The number of aliphatic hydroxyl groups is 3. The van der Waals surface area contributed by atoms with Crippen molar-refractivity contribution >= 4 is 11.7 Å². The molecule has 3 aliphatic rings. The first kappa shape index (κ1) is 27.7. The fourth-order valence-corrected chi connectivity index (χ4v) is 6.03. The predicted molar refractivity (Wildman–Crippen MR) is 130 cm³/mol. The Morgan fingerprint density at radius 2 is 1.92 bits per heavy atom. The summed E-state index contributed by atoms with van der Waals surface area (Å²) >= 11 is 0. The molecule has 4 rings (SSSR count). The van der Waals surface area contributed by atoms with E-state index in [-0.39, 0.29) is 54.0 Å². The lowest BCUT2D eigenvalue weighted by Crippen LogP contribution is -2.60. The summed E-state index contributed by atoms with van der Waals surface area (Å²) in [5, 5.41) is 47.6. The lowest BCUT2D eigenvalue weighted by Gasteiger charge is -2.52. The van der Waals surface area contributed by atoms with E-state index in [1.165, 1.54) is 6.07 Å². The van der Waals surface area contributed by atoms with Crippen LogP contribution < -0.4 is 11.1 Å². The zero-order chi connectivity index (χ0) is 28.3. The Morgan fingerprint density at radius 1 is 1.26 bits per heavy atom. The number of ketones is 1. The van der Waals surface area contributed by atoms with Crippen molar-refractivity contribution in [2.24, 2.45) is 17.6 Å². The van der Waals surface area contributed by atoms with E-state index in [1.807, 2.05) is 0 Å². The number of allylic oxidation sites excluding steroid dienone is 1. The van der Waals surface area contributed by atoms with Crippen LogP contribution >= 0.6 is 0 Å². The van der Waals surface area contributed by atoms with Crippen molar-refractivity contribution in [2.75, 3.05) is 20.6 Å². The minimum atomic E-state index is -4.34. The van der Waals surface area contributed by atoms with Gasteiger partial charge in [0.15, 0.2) is 11.4 Å². The quantitative estimate of drug-likeness (QED) is 0.302. The fraction of sp³-hybridized carbons (Fsp3) is 0.462. The molecule has 9 nitrogen and oxygen atoms in total. The highest BCUT2D eigenvalue weighted by molar-refractivity contribution is 6.14. The molecule has 38 heavy (non-hydrogen) atoms. The molecule has 4 atom stereocenters. The summed E-state index contributed by atoms with van der Waals surface area (Å²) in [6.07, 6.45) is -5.06. The fourth-order valence-electron chi connectivity index (χ4n) is 6.03. The number of carbonyl (C=O) groups is 2. The van der Waals surface area contributed by atoms with Crippen molar-refractivity contribution in [1.82, 2.24) is 10.2 Å². The number of carbonyl (C=O) groups excluding carboxylic acids is 2. The van der Waals surface area contributed by atoms with E-state index in [2.05, 4.69) is 11.9 Å². The number of Topliss-reactive ketones (excluding diaryl/α,β-unsaturated/α-hetero) is 1. The van der Waals surface area contributed by atoms with E-state index in [0.29, 0.717) is 5.56 Å². The zero-order valence-corrected chi connectivity index (χ0v) is 20.9. The van der Waals surface area contributed by atoms with Crippen LogP contribution in [0.15, 0.2) is 46.9 Å². The van der Waals surface area contributed by atoms with E-state index < -0.39 is 64.8 Å². The molecule has 1 aromatic carbocycles. The Hall–Kier alpha value is -3.35. The smallest absolute Gasteiger partial charge is 0.390 e. The molecule has 12 heteroatoms. The van der Waals surface area contributed by atoms with Gasteiger partial charge in [-0.05, 0) is 38.4 Å². The number of phenols is 1. The van der Waals surface area contributed by atoms with Gasteiger partial charge in [-0.25, -0.2) is 0 Å². The predicted octanol–water partition coefficient (Wildman–Crippen LogP) is 2.15. The standard InChI is InChI=1S/C26H30F3N3O6/c1-11-16(24(30)37)22(35)19(32(2)3)15-9-14-8-12-4-5-13(10-31-7-6-25(27,28)29)20(33)17(12)21(34)18(14)23(36)26(11,15)38/h4-5,14-15,19,31,33,35-36,38H,1,6-10H2,2-3H3,(H2,30,37)/t14?,15-,19+,26-/m0/s1. The number of benzene rings is 1. The third-order valence-electron chi connectivity index (χ3n) is 7.77. The third-order valence-corrected chi connectivity index (χ3v) is 7.77. The van der Waals surface area contributed by atoms with Gasteiger partial charge in [0, 0.05) is 35.7 Å². The number of fused-ring (bicyclic) bond motifs is 3. The largest absolute Gasteiger partial charge is 0.510 e. The second-order valence-corrected chi connectivity index (χ2v) is 10.3. The van der Waals surface area contributed by atoms with E-state index in [9.17, 15) is 43.2 Å². The average molecular weight is 538 g/mol. The number of hydrogen-bond donors (Lipinski definition) is 6. The van der Waals surface area contributed by atoms with Gasteiger partial charge in [-0.1, -0.05) is 18.7 Å². The molecule has 0 spiro atoms. The monoisotopic (exact) mass is 537 g/mol. The maximum absolute atomic E-state index is 13.7. The summed E-state index contributed by atoms with van der Waals surface area (Å²) in [6.45, 7) is 3.23. The number of hydrogen-bond acceptors (Lipinski definition) is 8. The molecule has 0 saturated carbocycles. The highest BCUT2D eigenvalue weighted by atomic mass is 19.4. The molecule has 206 valence electrons. The number of amides is 1. The topological polar surface area (TPSA) is 156 Å². The van der Waals surface area contributed by atoms with Crippen LogP contribution in [0.4, 0.5) is 13.2 Å². The number of likely N-dealkylation sites (N-methyl/N-ethyl adjacent to an activating group) is 1. The van der Waals surface area contributed by atoms with E-state index in [0.717, 1.165) is 0 Å². The van der Waals surface area contributed by atoms with Crippen LogP contribution in [0.5, 0.6) is 5.75 Å². The van der Waals surface area contributed by atoms with Crippen LogP contribution in [0.3, 0.4) is 0 Å². The Morgan fingerprint density at radius 3 is 2.50 bits per heavy atom. The summed E-state index contributed by atoms with van der Waals surface area (Å²) in [6, 6.07) is 2.20. The summed E-state index contributed by atoms with van der Waals surface area (Å²) in [5.41, 5.74) is 2.80. The Balaban J connectivity index is 1.76. The number of halogens is 3. The molecule has 0 heterocycles. The van der Waals surface area contributed by atoms with E-state index in [1.54, 1.807) is 25.1 Å². The molecule has 1 amide bonds. The van der Waals surface area contributed by atoms with E-state index >= 15 is 0 Å². The van der Waals surface area contributed by atoms with Crippen molar-refractivity contribution in [3.8, 4) is 5.75 Å². The number of nitrogens with zero attached hydrogens (tertiary/aromatic N) is 1. The minimum absolute atomic E-state index is 0.112. The second-order valence-electron chi connectivity index (χ2n) is 10.3. The normalized spacial score (nSPS) is 27.4. The maximum Gasteiger partial charge on any atom is 0.390 e. The van der Waals surface area contributed by atoms with E-state index in [4.69, 9.17) is 5.73 Å². The first-order valence-corrected chi connectivity index (χ1v) is 12.0. The van der Waals surface area contributed by atoms with Crippen molar-refractivity contribution in [3.63, 3.8) is 0 Å². The van der Waals surface area contributed by atoms with Crippen LogP contribution in [-0.2, 0) is 17.8 Å². The van der Waals surface area contributed by atoms with Gasteiger partial charge < -0.3 is 31.5 Å². The van der Waals surface area contributed by atoms with Crippen LogP contribution in [0.25, 0.3) is 0 Å². The molecule has 0 aliphatic heterocycles. The van der Waals surface area contributed by atoms with Crippen molar-refractivity contribution < 1.29 is 43.2 Å². The summed E-state index contributed by atoms with van der Waals surface area (Å²) in [5.74, 6) is -4.83. The highest BCUT2D eigenvalue weighted by Gasteiger charge is 2.60. The lowest BCUT2D eigenvalue weighted by atomic mass is 9.57. The molecule has 1 aromatic rings. The van der Waals surface area contributed by atoms with Gasteiger partial charge in [0.1, 0.15) is 17.3 Å². The van der Waals surface area contributed by atoms with Gasteiger partial charge in [-0.3, -0.25) is 14.5 Å². The Kier molecular flexibility index (Phi) is 6.87. The summed E-state index contributed by atoms with van der Waals surface area (Å²) in [4.78, 5) is 27.4. The van der Waals surface area contributed by atoms with Crippen LogP contribution in [0.1, 0.15) is 34.3 Å². The number of aliphatic hydroxyl groups excluding tert-OH is 2. The molecule has 3 aliphatic carbocycles. The first-order chi connectivity index (χ1) is 17.6. The molecule has 0 bridgehead atoms. The second kappa shape index (κ2) is 9.44. The van der Waals surface area contributed by atoms with Gasteiger partial charge in [0.05, 0.1) is 23.6 Å². The van der Waals surface area contributed by atoms with Gasteiger partial charge in [0.2, 0.25) is 0 Å². The van der Waals surface area contributed by atoms with Crippen molar-refractivity contribution in [2.45, 2.75) is 43.6 Å². The van der Waals surface area contributed by atoms with Crippen LogP contribution in [0, 0.1) is 11.8 Å². The van der Waals surface area contributed by atoms with Crippen molar-refractivity contribution in [3.05, 3.63) is 63.6 Å². The van der Waals surface area contributed by atoms with Crippen LogP contribution in [-0.4, -0.2) is 75.5 Å². The molecular formula is C26H30F3N3O6. The number of phenolic OH excluding ortho intramolecular Hbond substituents is 1. The van der Waals surface area contributed by atoms with Gasteiger partial charge in [-0.2, -0.15) is 13.2 Å². The summed E-state index contributed by atoms with van der Waals surface area (Å²) in [7, 11) is 3.24. The number of aromatic hydroxyl groups is 1. The SMILES string of the molecule is C=C1C(C(N)=O)=C(O)[C@H](N(C)C)[C@@H]2CC3Cc4ccc(CNCCC(F)(F)F)c(O)c4C(=O)C3=C(O)[C@]12O. The number of nitrogens with two attached hydrogens (primary N) is 1. The molecule has 0 fully saturated rings. The number of alkyl halides is 3. The average Bonchev–Trinajstić information content (AvgIpc) is 2.79. The molecule has 0 aromatic heterocycles.